The lowest BCUT2D eigenvalue weighted by atomic mass is 9.98. The van der Waals surface area contributed by atoms with Crippen molar-refractivity contribution in [3.8, 4) is 0 Å². The van der Waals surface area contributed by atoms with Crippen LogP contribution in [-0.4, -0.2) is 34.9 Å². The third-order valence-electron chi connectivity index (χ3n) is 5.20. The van der Waals surface area contributed by atoms with E-state index in [0.717, 1.165) is 37.2 Å². The summed E-state index contributed by atoms with van der Waals surface area (Å²) in [5, 5.41) is 5.95. The number of anilines is 1. The van der Waals surface area contributed by atoms with Crippen molar-refractivity contribution in [2.24, 2.45) is 5.92 Å². The van der Waals surface area contributed by atoms with Gasteiger partial charge in [0.25, 0.3) is 5.91 Å². The Bertz CT molecular complexity index is 844. The second-order valence-electron chi connectivity index (χ2n) is 7.54. The Morgan fingerprint density at radius 3 is 2.34 bits per heavy atom. The average Bonchev–Trinajstić information content (AvgIpc) is 2.73. The van der Waals surface area contributed by atoms with Gasteiger partial charge in [-0.2, -0.15) is 0 Å². The van der Waals surface area contributed by atoms with Crippen LogP contribution < -0.4 is 10.6 Å². The lowest BCUT2D eigenvalue weighted by molar-refractivity contribution is -0.119. The fourth-order valence-electron chi connectivity index (χ4n) is 3.34. The van der Waals surface area contributed by atoms with Crippen molar-refractivity contribution in [2.45, 2.75) is 32.6 Å². The third-order valence-corrected chi connectivity index (χ3v) is 5.40. The van der Waals surface area contributed by atoms with Crippen LogP contribution in [0.25, 0.3) is 0 Å². The van der Waals surface area contributed by atoms with Gasteiger partial charge in [-0.3, -0.25) is 9.59 Å². The highest BCUT2D eigenvalue weighted by Gasteiger charge is 2.21. The number of likely N-dealkylation sites (tertiary alicyclic amines) is 1. The molecule has 2 aromatic carbocycles. The molecule has 1 aliphatic heterocycles. The Kier molecular flexibility index (Phi) is 7.36. The Balaban J connectivity index is 1.45. The summed E-state index contributed by atoms with van der Waals surface area (Å²) in [6.45, 7) is 3.86. The topological polar surface area (TPSA) is 61.4 Å². The van der Waals surface area contributed by atoms with Gasteiger partial charge in [0.05, 0.1) is 0 Å². The highest BCUT2D eigenvalue weighted by atomic mass is 32.1. The zero-order chi connectivity index (χ0) is 20.6. The maximum absolute atomic E-state index is 12.6. The van der Waals surface area contributed by atoms with Crippen LogP contribution in [0.5, 0.6) is 0 Å². The molecule has 1 fully saturated rings. The Morgan fingerprint density at radius 1 is 1.03 bits per heavy atom. The SMILES string of the molecule is CC1CCN(C(=O)c2ccc(NC(=S)NC(=O)CCc3ccccc3)cc2)CC1. The molecule has 0 radical (unpaired) electrons. The fraction of sp³-hybridized carbons (Fsp3) is 0.348. The van der Waals surface area contributed by atoms with Gasteiger partial charge in [-0.15, -0.1) is 0 Å². The molecule has 3 rings (SSSR count). The van der Waals surface area contributed by atoms with Gasteiger partial charge in [0.1, 0.15) is 0 Å². The molecule has 1 saturated heterocycles. The number of hydrogen-bond donors (Lipinski definition) is 2. The minimum absolute atomic E-state index is 0.0697. The number of amides is 2. The first-order valence-electron chi connectivity index (χ1n) is 10.1. The number of nitrogens with zero attached hydrogens (tertiary/aromatic N) is 1. The first-order valence-corrected chi connectivity index (χ1v) is 10.5. The molecule has 29 heavy (non-hydrogen) atoms. The van der Waals surface area contributed by atoms with Crippen LogP contribution >= 0.6 is 12.2 Å². The smallest absolute Gasteiger partial charge is 0.253 e. The number of aryl methyl sites for hydroxylation is 1. The number of benzene rings is 2. The normalized spacial score (nSPS) is 14.3. The number of piperidine rings is 1. The summed E-state index contributed by atoms with van der Waals surface area (Å²) in [5.74, 6) is 0.632. The predicted octanol–water partition coefficient (Wildman–Crippen LogP) is 4.00. The first-order chi connectivity index (χ1) is 14.0. The van der Waals surface area contributed by atoms with Gasteiger partial charge in [0.2, 0.25) is 5.91 Å². The van der Waals surface area contributed by atoms with Crippen molar-refractivity contribution in [1.82, 2.24) is 10.2 Å². The molecule has 0 bridgehead atoms. The molecule has 5 nitrogen and oxygen atoms in total. The Morgan fingerprint density at radius 2 is 1.69 bits per heavy atom. The van der Waals surface area contributed by atoms with Crippen molar-refractivity contribution in [3.63, 3.8) is 0 Å². The van der Waals surface area contributed by atoms with Gasteiger partial charge < -0.3 is 15.5 Å². The highest BCUT2D eigenvalue weighted by molar-refractivity contribution is 7.80. The van der Waals surface area contributed by atoms with Gasteiger partial charge in [-0.25, -0.2) is 0 Å². The van der Waals surface area contributed by atoms with E-state index in [2.05, 4.69) is 17.6 Å². The van der Waals surface area contributed by atoms with Crippen molar-refractivity contribution in [1.29, 1.82) is 0 Å². The molecule has 0 saturated carbocycles. The molecule has 0 spiro atoms. The largest absolute Gasteiger partial charge is 0.339 e. The highest BCUT2D eigenvalue weighted by Crippen LogP contribution is 2.19. The summed E-state index contributed by atoms with van der Waals surface area (Å²) < 4.78 is 0. The zero-order valence-electron chi connectivity index (χ0n) is 16.7. The first kappa shape index (κ1) is 21.0. The van der Waals surface area contributed by atoms with E-state index >= 15 is 0 Å². The number of thiocarbonyl (C=S) groups is 1. The molecule has 152 valence electrons. The number of nitrogens with one attached hydrogen (secondary N) is 2. The summed E-state index contributed by atoms with van der Waals surface area (Å²) in [6, 6.07) is 17.1. The van der Waals surface area contributed by atoms with Crippen LogP contribution in [0, 0.1) is 5.92 Å². The number of carbonyl (C=O) groups is 2. The van der Waals surface area contributed by atoms with Gasteiger partial charge >= 0.3 is 0 Å². The molecular weight excluding hydrogens is 382 g/mol. The van der Waals surface area contributed by atoms with E-state index < -0.39 is 0 Å². The quantitative estimate of drug-likeness (QED) is 0.733. The summed E-state index contributed by atoms with van der Waals surface area (Å²) in [7, 11) is 0. The molecule has 0 atom stereocenters. The van der Waals surface area contributed by atoms with E-state index in [9.17, 15) is 9.59 Å². The van der Waals surface area contributed by atoms with Crippen LogP contribution in [-0.2, 0) is 11.2 Å². The molecule has 1 aliphatic rings. The number of hydrogen-bond acceptors (Lipinski definition) is 3. The van der Waals surface area contributed by atoms with Crippen molar-refractivity contribution in [2.75, 3.05) is 18.4 Å². The number of rotatable bonds is 5. The standard InChI is InChI=1S/C23H27N3O2S/c1-17-13-15-26(16-14-17)22(28)19-8-10-20(11-9-19)24-23(29)25-21(27)12-7-18-5-3-2-4-6-18/h2-6,8-11,17H,7,12-16H2,1H3,(H2,24,25,27,29). The average molecular weight is 410 g/mol. The molecular formula is C23H27N3O2S. The monoisotopic (exact) mass is 409 g/mol. The molecule has 2 amide bonds. The van der Waals surface area contributed by atoms with E-state index in [4.69, 9.17) is 12.2 Å². The summed E-state index contributed by atoms with van der Waals surface area (Å²) in [5.41, 5.74) is 2.52. The molecule has 0 aromatic heterocycles. The van der Waals surface area contributed by atoms with Crippen LogP contribution in [0.4, 0.5) is 5.69 Å². The second-order valence-corrected chi connectivity index (χ2v) is 7.95. The van der Waals surface area contributed by atoms with E-state index in [1.165, 1.54) is 0 Å². The van der Waals surface area contributed by atoms with Crippen molar-refractivity contribution in [3.05, 3.63) is 65.7 Å². The summed E-state index contributed by atoms with van der Waals surface area (Å²) >= 11 is 5.22. The van der Waals surface area contributed by atoms with Crippen LogP contribution in [0.2, 0.25) is 0 Å². The summed E-state index contributed by atoms with van der Waals surface area (Å²) in [6.07, 6.45) is 3.16. The van der Waals surface area contributed by atoms with Gasteiger partial charge in [0, 0.05) is 30.8 Å². The van der Waals surface area contributed by atoms with Crippen LogP contribution in [0.15, 0.2) is 54.6 Å². The fourth-order valence-corrected chi connectivity index (χ4v) is 3.58. The molecule has 6 heteroatoms. The minimum atomic E-state index is -0.127. The molecule has 2 aromatic rings. The maximum atomic E-state index is 12.6. The lowest BCUT2D eigenvalue weighted by Gasteiger charge is -2.30. The number of carbonyl (C=O) groups excluding carboxylic acids is 2. The molecule has 2 N–H and O–H groups in total. The van der Waals surface area contributed by atoms with Crippen molar-refractivity contribution >= 4 is 34.8 Å². The summed E-state index contributed by atoms with van der Waals surface area (Å²) in [4.78, 5) is 26.6. The molecule has 0 aliphatic carbocycles. The van der Waals surface area contributed by atoms with E-state index in [-0.39, 0.29) is 16.9 Å². The second kappa shape index (κ2) is 10.2. The maximum Gasteiger partial charge on any atom is 0.253 e. The van der Waals surface area contributed by atoms with E-state index in [1.807, 2.05) is 47.4 Å². The third kappa shape index (κ3) is 6.39. The minimum Gasteiger partial charge on any atom is -0.339 e. The van der Waals surface area contributed by atoms with Gasteiger partial charge in [-0.05, 0) is 67.2 Å². The molecule has 0 unspecified atom stereocenters. The van der Waals surface area contributed by atoms with Gasteiger partial charge in [-0.1, -0.05) is 37.3 Å². The Labute approximate surface area is 177 Å². The van der Waals surface area contributed by atoms with E-state index in [0.29, 0.717) is 24.3 Å². The Hall–Kier alpha value is -2.73. The van der Waals surface area contributed by atoms with E-state index in [1.54, 1.807) is 12.1 Å². The predicted molar refractivity (Wildman–Crippen MR) is 120 cm³/mol. The van der Waals surface area contributed by atoms with Crippen LogP contribution in [0.1, 0.15) is 42.1 Å². The van der Waals surface area contributed by atoms with Crippen molar-refractivity contribution < 1.29 is 9.59 Å². The van der Waals surface area contributed by atoms with Gasteiger partial charge in [0.15, 0.2) is 5.11 Å². The lowest BCUT2D eigenvalue weighted by Crippen LogP contribution is -2.37. The molecule has 1 heterocycles. The zero-order valence-corrected chi connectivity index (χ0v) is 17.5. The van der Waals surface area contributed by atoms with Crippen LogP contribution in [0.3, 0.4) is 0 Å².